The average molecular weight is 344 g/mol. The van der Waals surface area contributed by atoms with Crippen LogP contribution in [-0.2, 0) is 21.5 Å². The molecule has 0 radical (unpaired) electrons. The van der Waals surface area contributed by atoms with E-state index in [1.165, 1.54) is 5.56 Å². The van der Waals surface area contributed by atoms with Crippen molar-refractivity contribution in [3.05, 3.63) is 28.8 Å². The van der Waals surface area contributed by atoms with Crippen LogP contribution in [0.25, 0.3) is 0 Å². The van der Waals surface area contributed by atoms with Crippen molar-refractivity contribution in [3.63, 3.8) is 0 Å². The van der Waals surface area contributed by atoms with Gasteiger partial charge >= 0.3 is 12.1 Å². The summed E-state index contributed by atoms with van der Waals surface area (Å²) in [4.78, 5) is 25.8. The van der Waals surface area contributed by atoms with E-state index < -0.39 is 5.60 Å². The number of carbonyl (C=O) groups excluding carboxylic acids is 2. The first-order valence-electron chi connectivity index (χ1n) is 8.84. The van der Waals surface area contributed by atoms with Crippen molar-refractivity contribution in [1.29, 1.82) is 0 Å². The lowest BCUT2D eigenvalue weighted by atomic mass is 9.74. The van der Waals surface area contributed by atoms with Crippen molar-refractivity contribution in [3.8, 4) is 0 Å². The Kier molecular flexibility index (Phi) is 3.49. The highest BCUT2D eigenvalue weighted by molar-refractivity contribution is 5.96. The molecule has 6 heteroatoms. The Hall–Kier alpha value is -2.24. The van der Waals surface area contributed by atoms with Crippen molar-refractivity contribution >= 4 is 17.7 Å². The molecule has 0 saturated carbocycles. The minimum atomic E-state index is -0.471. The van der Waals surface area contributed by atoms with Gasteiger partial charge in [-0.1, -0.05) is 6.07 Å². The molecule has 0 aliphatic carbocycles. The van der Waals surface area contributed by atoms with E-state index in [2.05, 4.69) is 11.4 Å². The second-order valence-corrected chi connectivity index (χ2v) is 8.19. The molecule has 0 aromatic heterocycles. The molecule has 1 saturated heterocycles. The molecule has 1 spiro atoms. The Labute approximate surface area is 147 Å². The number of nitrogens with zero attached hydrogens (tertiary/aromatic N) is 1. The van der Waals surface area contributed by atoms with Crippen LogP contribution >= 0.6 is 0 Å². The van der Waals surface area contributed by atoms with Gasteiger partial charge in [-0.15, -0.1) is 0 Å². The first-order chi connectivity index (χ1) is 11.8. The lowest BCUT2D eigenvalue weighted by molar-refractivity contribution is 0.0172. The van der Waals surface area contributed by atoms with Crippen LogP contribution in [-0.4, -0.2) is 42.2 Å². The van der Waals surface area contributed by atoms with E-state index >= 15 is 0 Å². The van der Waals surface area contributed by atoms with Crippen molar-refractivity contribution in [2.24, 2.45) is 0 Å². The Balaban J connectivity index is 1.52. The molecule has 0 unspecified atom stereocenters. The average Bonchev–Trinajstić information content (AvgIpc) is 3.09. The zero-order valence-corrected chi connectivity index (χ0v) is 15.0. The van der Waals surface area contributed by atoms with Crippen molar-refractivity contribution in [2.75, 3.05) is 25.0 Å². The molecule has 1 amide bonds. The van der Waals surface area contributed by atoms with E-state index in [9.17, 15) is 9.59 Å². The molecule has 4 rings (SSSR count). The summed E-state index contributed by atoms with van der Waals surface area (Å²) in [7, 11) is 0. The standard InChI is InChI=1S/C19H24N2O4/c1-18(2,3)25-17(23)21-8-6-19(7-9-21)11-20-15-13-10-24-16(22)12(13)4-5-14(15)19/h4-5,20H,6-11H2,1-3H3. The van der Waals surface area contributed by atoms with E-state index in [-0.39, 0.29) is 17.5 Å². The SMILES string of the molecule is CC(C)(C)OC(=O)N1CCC2(CC1)CNc1c2ccc2c1COC2=O. The fraction of sp³-hybridized carbons (Fsp3) is 0.579. The van der Waals surface area contributed by atoms with Crippen LogP contribution in [0.2, 0.25) is 0 Å². The Morgan fingerprint density at radius 1 is 1.28 bits per heavy atom. The van der Waals surface area contributed by atoms with E-state index in [1.54, 1.807) is 4.90 Å². The molecule has 1 aromatic rings. The molecule has 3 aliphatic rings. The van der Waals surface area contributed by atoms with Gasteiger partial charge < -0.3 is 19.7 Å². The quantitative estimate of drug-likeness (QED) is 0.733. The number of likely N-dealkylation sites (tertiary alicyclic amines) is 1. The van der Waals surface area contributed by atoms with Crippen LogP contribution in [0.5, 0.6) is 0 Å². The number of cyclic esters (lactones) is 1. The predicted octanol–water partition coefficient (Wildman–Crippen LogP) is 3.05. The van der Waals surface area contributed by atoms with Crippen molar-refractivity contribution in [2.45, 2.75) is 51.2 Å². The van der Waals surface area contributed by atoms with Gasteiger partial charge in [-0.2, -0.15) is 0 Å². The van der Waals surface area contributed by atoms with Gasteiger partial charge in [-0.3, -0.25) is 0 Å². The van der Waals surface area contributed by atoms with Gasteiger partial charge in [0.25, 0.3) is 0 Å². The number of amides is 1. The van der Waals surface area contributed by atoms with E-state index in [0.29, 0.717) is 25.3 Å². The number of esters is 1. The zero-order valence-electron chi connectivity index (χ0n) is 15.0. The van der Waals surface area contributed by atoms with Crippen LogP contribution in [0.1, 0.15) is 55.1 Å². The molecule has 1 N–H and O–H groups in total. The maximum Gasteiger partial charge on any atom is 0.410 e. The van der Waals surface area contributed by atoms with Gasteiger partial charge in [0.05, 0.1) is 5.56 Å². The first kappa shape index (κ1) is 16.2. The highest BCUT2D eigenvalue weighted by Crippen LogP contribution is 2.47. The maximum atomic E-state index is 12.3. The second-order valence-electron chi connectivity index (χ2n) is 8.19. The number of fused-ring (bicyclic) bond motifs is 4. The molecule has 1 aromatic carbocycles. The van der Waals surface area contributed by atoms with Crippen LogP contribution in [0.3, 0.4) is 0 Å². The molecule has 3 aliphatic heterocycles. The summed E-state index contributed by atoms with van der Waals surface area (Å²) < 4.78 is 10.7. The molecule has 1 fully saturated rings. The number of benzene rings is 1. The summed E-state index contributed by atoms with van der Waals surface area (Å²) >= 11 is 0. The number of nitrogens with one attached hydrogen (secondary N) is 1. The summed E-state index contributed by atoms with van der Waals surface area (Å²) in [6, 6.07) is 3.95. The largest absolute Gasteiger partial charge is 0.457 e. The second kappa shape index (κ2) is 5.38. The minimum Gasteiger partial charge on any atom is -0.457 e. The predicted molar refractivity (Wildman–Crippen MR) is 92.8 cm³/mol. The minimum absolute atomic E-state index is 0.0223. The highest BCUT2D eigenvalue weighted by atomic mass is 16.6. The first-order valence-corrected chi connectivity index (χ1v) is 8.84. The summed E-state index contributed by atoms with van der Waals surface area (Å²) in [5.74, 6) is -0.236. The molecule has 25 heavy (non-hydrogen) atoms. The molecular formula is C19H24N2O4. The maximum absolute atomic E-state index is 12.3. The van der Waals surface area contributed by atoms with Crippen molar-refractivity contribution < 1.29 is 19.1 Å². The van der Waals surface area contributed by atoms with Crippen LogP contribution in [0.15, 0.2) is 12.1 Å². The lowest BCUT2D eigenvalue weighted by Gasteiger charge is -2.39. The number of rotatable bonds is 0. The number of piperidine rings is 1. The number of ether oxygens (including phenoxy) is 2. The van der Waals surface area contributed by atoms with Gasteiger partial charge in [0.1, 0.15) is 12.2 Å². The fourth-order valence-electron chi connectivity index (χ4n) is 4.09. The summed E-state index contributed by atoms with van der Waals surface area (Å²) in [6.45, 7) is 8.22. The van der Waals surface area contributed by atoms with Crippen LogP contribution < -0.4 is 5.32 Å². The molecule has 3 heterocycles. The van der Waals surface area contributed by atoms with Crippen LogP contribution in [0.4, 0.5) is 10.5 Å². The smallest absolute Gasteiger partial charge is 0.410 e. The molecular weight excluding hydrogens is 320 g/mol. The molecule has 0 atom stereocenters. The van der Waals surface area contributed by atoms with E-state index in [1.807, 2.05) is 26.8 Å². The topological polar surface area (TPSA) is 67.9 Å². The van der Waals surface area contributed by atoms with Gasteiger partial charge in [-0.05, 0) is 45.2 Å². The summed E-state index contributed by atoms with van der Waals surface area (Å²) in [5, 5.41) is 3.50. The lowest BCUT2D eigenvalue weighted by Crippen LogP contribution is -2.47. The number of anilines is 1. The summed E-state index contributed by atoms with van der Waals surface area (Å²) in [6.07, 6.45) is 1.54. The van der Waals surface area contributed by atoms with E-state index in [4.69, 9.17) is 9.47 Å². The third-order valence-electron chi connectivity index (χ3n) is 5.43. The number of hydrogen-bond acceptors (Lipinski definition) is 5. The van der Waals surface area contributed by atoms with Crippen molar-refractivity contribution in [1.82, 2.24) is 4.90 Å². The van der Waals surface area contributed by atoms with E-state index in [0.717, 1.165) is 30.6 Å². The fourth-order valence-corrected chi connectivity index (χ4v) is 4.09. The molecule has 6 nitrogen and oxygen atoms in total. The number of hydrogen-bond donors (Lipinski definition) is 1. The third-order valence-corrected chi connectivity index (χ3v) is 5.43. The monoisotopic (exact) mass is 344 g/mol. The normalized spacial score (nSPS) is 20.8. The third kappa shape index (κ3) is 2.64. The molecule has 134 valence electrons. The molecule has 0 bridgehead atoms. The Morgan fingerprint density at radius 2 is 2.00 bits per heavy atom. The van der Waals surface area contributed by atoms with Gasteiger partial charge in [0.2, 0.25) is 0 Å². The van der Waals surface area contributed by atoms with Crippen LogP contribution in [0, 0.1) is 0 Å². The Morgan fingerprint density at radius 3 is 2.68 bits per heavy atom. The summed E-state index contributed by atoms with van der Waals surface area (Å²) in [5.41, 5.74) is 3.53. The zero-order chi connectivity index (χ0) is 17.8. The van der Waals surface area contributed by atoms with Gasteiger partial charge in [-0.25, -0.2) is 9.59 Å². The Bertz CT molecular complexity index is 743. The number of carbonyl (C=O) groups is 2. The van der Waals surface area contributed by atoms with Gasteiger partial charge in [0, 0.05) is 36.3 Å². The highest BCUT2D eigenvalue weighted by Gasteiger charge is 2.44. The van der Waals surface area contributed by atoms with Gasteiger partial charge in [0.15, 0.2) is 0 Å².